The molecular formula is C20H16FNO2. The van der Waals surface area contributed by atoms with Gasteiger partial charge in [-0.2, -0.15) is 0 Å². The summed E-state index contributed by atoms with van der Waals surface area (Å²) in [7, 11) is 0. The number of carbonyl (C=O) groups excluding carboxylic acids is 1. The van der Waals surface area contributed by atoms with E-state index in [1.807, 2.05) is 13.0 Å². The summed E-state index contributed by atoms with van der Waals surface area (Å²) in [4.78, 5) is 15.5. The van der Waals surface area contributed by atoms with Crippen molar-refractivity contribution in [2.75, 3.05) is 0 Å². The second-order valence-electron chi connectivity index (χ2n) is 5.53. The molecule has 0 N–H and O–H groups in total. The molecule has 0 bridgehead atoms. The number of halogens is 1. The lowest BCUT2D eigenvalue weighted by molar-refractivity contribution is 0.101. The number of carbonyl (C=O) groups is 1. The molecule has 0 aliphatic carbocycles. The highest BCUT2D eigenvalue weighted by Crippen LogP contribution is 2.35. The number of hydrogen-bond donors (Lipinski definition) is 0. The first-order valence-electron chi connectivity index (χ1n) is 7.55. The number of rotatable bonds is 4. The van der Waals surface area contributed by atoms with Gasteiger partial charge in [0.15, 0.2) is 17.3 Å². The van der Waals surface area contributed by atoms with Crippen LogP contribution in [-0.2, 0) is 0 Å². The molecule has 0 spiro atoms. The molecule has 0 unspecified atom stereocenters. The van der Waals surface area contributed by atoms with Crippen molar-refractivity contribution in [3.8, 4) is 22.8 Å². The fraction of sp³-hybridized carbons (Fsp3) is 0.100. The van der Waals surface area contributed by atoms with Gasteiger partial charge < -0.3 is 4.74 Å². The number of aryl methyl sites for hydroxylation is 1. The summed E-state index contributed by atoms with van der Waals surface area (Å²) in [6.07, 6.45) is 1.66. The zero-order valence-corrected chi connectivity index (χ0v) is 13.4. The number of ketones is 1. The van der Waals surface area contributed by atoms with Gasteiger partial charge in [0.25, 0.3) is 0 Å². The fourth-order valence-electron chi connectivity index (χ4n) is 2.34. The van der Waals surface area contributed by atoms with Crippen LogP contribution < -0.4 is 4.74 Å². The lowest BCUT2D eigenvalue weighted by Gasteiger charge is -2.12. The molecule has 4 heteroatoms. The van der Waals surface area contributed by atoms with Crippen LogP contribution in [0, 0.1) is 12.7 Å². The molecule has 0 fully saturated rings. The Labute approximate surface area is 139 Å². The molecule has 0 saturated carbocycles. The Hall–Kier alpha value is -3.01. The van der Waals surface area contributed by atoms with E-state index >= 15 is 0 Å². The number of benzene rings is 2. The Morgan fingerprint density at radius 2 is 1.79 bits per heavy atom. The summed E-state index contributed by atoms with van der Waals surface area (Å²) in [6, 6.07) is 15.3. The molecule has 1 heterocycles. The third-order valence-electron chi connectivity index (χ3n) is 3.66. The molecule has 0 saturated heterocycles. The normalized spacial score (nSPS) is 10.5. The molecule has 0 atom stereocenters. The number of pyridine rings is 1. The minimum atomic E-state index is -0.467. The van der Waals surface area contributed by atoms with E-state index in [2.05, 4.69) is 4.98 Å². The van der Waals surface area contributed by atoms with Gasteiger partial charge in [-0.1, -0.05) is 42.5 Å². The van der Waals surface area contributed by atoms with Gasteiger partial charge in [0.1, 0.15) is 0 Å². The first-order chi connectivity index (χ1) is 11.5. The minimum absolute atomic E-state index is 0.0129. The average molecular weight is 321 g/mol. The number of aromatic nitrogens is 1. The lowest BCUT2D eigenvalue weighted by Crippen LogP contribution is -1.95. The summed E-state index contributed by atoms with van der Waals surface area (Å²) in [6.45, 7) is 3.43. The van der Waals surface area contributed by atoms with Crippen molar-refractivity contribution in [1.82, 2.24) is 4.98 Å². The number of hydrogen-bond acceptors (Lipinski definition) is 3. The topological polar surface area (TPSA) is 39.2 Å². The molecule has 0 aliphatic rings. The van der Waals surface area contributed by atoms with E-state index in [1.54, 1.807) is 48.7 Å². The van der Waals surface area contributed by atoms with Crippen LogP contribution in [0.1, 0.15) is 22.8 Å². The van der Waals surface area contributed by atoms with Crippen molar-refractivity contribution in [2.45, 2.75) is 13.8 Å². The maximum absolute atomic E-state index is 14.3. The van der Waals surface area contributed by atoms with Crippen LogP contribution in [0.2, 0.25) is 0 Å². The zero-order valence-electron chi connectivity index (χ0n) is 13.4. The second-order valence-corrected chi connectivity index (χ2v) is 5.53. The zero-order chi connectivity index (χ0) is 17.1. The second kappa shape index (κ2) is 6.62. The minimum Gasteiger partial charge on any atom is -0.435 e. The molecule has 3 nitrogen and oxygen atoms in total. The number of nitrogens with zero attached hydrogens (tertiary/aromatic N) is 1. The van der Waals surface area contributed by atoms with Crippen molar-refractivity contribution in [1.29, 1.82) is 0 Å². The van der Waals surface area contributed by atoms with E-state index < -0.39 is 5.82 Å². The third kappa shape index (κ3) is 3.33. The van der Waals surface area contributed by atoms with Gasteiger partial charge >= 0.3 is 0 Å². The van der Waals surface area contributed by atoms with Gasteiger partial charge in [-0.25, -0.2) is 9.37 Å². The molecule has 3 rings (SSSR count). The first kappa shape index (κ1) is 15.9. The van der Waals surface area contributed by atoms with Crippen molar-refractivity contribution >= 4 is 5.78 Å². The van der Waals surface area contributed by atoms with Gasteiger partial charge in [-0.15, -0.1) is 0 Å². The quantitative estimate of drug-likeness (QED) is 0.621. The largest absolute Gasteiger partial charge is 0.435 e. The van der Waals surface area contributed by atoms with Crippen molar-refractivity contribution < 1.29 is 13.9 Å². The van der Waals surface area contributed by atoms with E-state index in [1.165, 1.54) is 13.0 Å². The van der Waals surface area contributed by atoms with Gasteiger partial charge in [0, 0.05) is 23.4 Å². The number of Topliss-reactive ketones (excluding diaryl/α,β-unsaturated/α-hetero) is 1. The summed E-state index contributed by atoms with van der Waals surface area (Å²) in [5.41, 5.74) is 2.97. The molecule has 1 aromatic heterocycles. The predicted octanol–water partition coefficient (Wildman–Crippen LogP) is 5.19. The number of para-hydroxylation sites is 1. The van der Waals surface area contributed by atoms with Crippen LogP contribution in [0.3, 0.4) is 0 Å². The van der Waals surface area contributed by atoms with Crippen LogP contribution in [0.5, 0.6) is 11.6 Å². The maximum Gasteiger partial charge on any atom is 0.219 e. The van der Waals surface area contributed by atoms with Gasteiger partial charge in [-0.05, 0) is 31.0 Å². The third-order valence-corrected chi connectivity index (χ3v) is 3.66. The monoisotopic (exact) mass is 321 g/mol. The smallest absolute Gasteiger partial charge is 0.219 e. The molecular weight excluding hydrogens is 305 g/mol. The highest BCUT2D eigenvalue weighted by atomic mass is 19.1. The molecule has 0 aliphatic heterocycles. The molecule has 24 heavy (non-hydrogen) atoms. The Kier molecular flexibility index (Phi) is 4.38. The van der Waals surface area contributed by atoms with Gasteiger partial charge in [0.05, 0.1) is 0 Å². The summed E-state index contributed by atoms with van der Waals surface area (Å²) >= 11 is 0. The summed E-state index contributed by atoms with van der Waals surface area (Å²) < 4.78 is 20.0. The maximum atomic E-state index is 14.3. The molecule has 2 aromatic carbocycles. The fourth-order valence-corrected chi connectivity index (χ4v) is 2.34. The molecule has 0 amide bonds. The lowest BCUT2D eigenvalue weighted by atomic mass is 10.0. The van der Waals surface area contributed by atoms with Gasteiger partial charge in [-0.3, -0.25) is 4.79 Å². The van der Waals surface area contributed by atoms with Crippen LogP contribution in [0.15, 0.2) is 60.8 Å². The number of ether oxygens (including phenoxy) is 1. The Balaban J connectivity index is 2.00. The van der Waals surface area contributed by atoms with Crippen molar-refractivity contribution in [3.05, 3.63) is 77.7 Å². The molecule has 120 valence electrons. The summed E-state index contributed by atoms with van der Waals surface area (Å²) in [5.74, 6) is -0.0385. The predicted molar refractivity (Wildman–Crippen MR) is 90.9 cm³/mol. The average Bonchev–Trinajstić information content (AvgIpc) is 2.58. The standard InChI is InChI=1S/C20H16FNO2/c1-13-6-11-19(22-12-13)24-20-17(4-3-5-18(20)21)16-9-7-15(8-10-16)14(2)23/h3-12H,1-2H3. The summed E-state index contributed by atoms with van der Waals surface area (Å²) in [5, 5.41) is 0. The van der Waals surface area contributed by atoms with Crippen LogP contribution in [0.4, 0.5) is 4.39 Å². The van der Waals surface area contributed by atoms with Gasteiger partial charge in [0.2, 0.25) is 5.88 Å². The van der Waals surface area contributed by atoms with E-state index in [4.69, 9.17) is 4.74 Å². The molecule has 3 aromatic rings. The Morgan fingerprint density at radius 1 is 1.04 bits per heavy atom. The highest BCUT2D eigenvalue weighted by molar-refractivity contribution is 5.94. The van der Waals surface area contributed by atoms with E-state index in [9.17, 15) is 9.18 Å². The van der Waals surface area contributed by atoms with Crippen LogP contribution in [-0.4, -0.2) is 10.8 Å². The Morgan fingerprint density at radius 3 is 2.42 bits per heavy atom. The van der Waals surface area contributed by atoms with E-state index in [0.29, 0.717) is 17.0 Å². The van der Waals surface area contributed by atoms with E-state index in [-0.39, 0.29) is 11.5 Å². The highest BCUT2D eigenvalue weighted by Gasteiger charge is 2.13. The Bertz CT molecular complexity index is 871. The van der Waals surface area contributed by atoms with Crippen LogP contribution >= 0.6 is 0 Å². The van der Waals surface area contributed by atoms with Crippen molar-refractivity contribution in [3.63, 3.8) is 0 Å². The van der Waals surface area contributed by atoms with E-state index in [0.717, 1.165) is 11.1 Å². The van der Waals surface area contributed by atoms with Crippen molar-refractivity contribution in [2.24, 2.45) is 0 Å². The van der Waals surface area contributed by atoms with Crippen LogP contribution in [0.25, 0.3) is 11.1 Å². The SMILES string of the molecule is CC(=O)c1ccc(-c2cccc(F)c2Oc2ccc(C)cn2)cc1. The molecule has 0 radical (unpaired) electrons. The first-order valence-corrected chi connectivity index (χ1v) is 7.55.